The van der Waals surface area contributed by atoms with Gasteiger partial charge in [-0.3, -0.25) is 9.48 Å². The summed E-state index contributed by atoms with van der Waals surface area (Å²) in [7, 11) is 1.77. The Morgan fingerprint density at radius 3 is 2.48 bits per heavy atom. The minimum atomic E-state index is -0.217. The van der Waals surface area contributed by atoms with Gasteiger partial charge in [0, 0.05) is 13.7 Å². The first-order chi connectivity index (χ1) is 10.9. The standard InChI is InChI=1S/C18H25N3O2/c1-12(2)16-11-17(21(4)20-16)18(23)19-15(9-10-22)14-7-5-13(3)6-8-14/h5-8,11-12,15,22H,9-10H2,1-4H3,(H,19,23)/t15-/m0/s1. The van der Waals surface area contributed by atoms with E-state index in [4.69, 9.17) is 0 Å². The van der Waals surface area contributed by atoms with Crippen molar-refractivity contribution in [3.8, 4) is 0 Å². The van der Waals surface area contributed by atoms with Gasteiger partial charge in [0.2, 0.25) is 0 Å². The molecule has 0 unspecified atom stereocenters. The van der Waals surface area contributed by atoms with Gasteiger partial charge in [-0.05, 0) is 30.9 Å². The molecule has 1 amide bonds. The topological polar surface area (TPSA) is 67.2 Å². The van der Waals surface area contributed by atoms with Crippen molar-refractivity contribution in [2.24, 2.45) is 7.05 Å². The lowest BCUT2D eigenvalue weighted by atomic mass is 10.0. The highest BCUT2D eigenvalue weighted by atomic mass is 16.3. The predicted molar refractivity (Wildman–Crippen MR) is 90.4 cm³/mol. The molecular formula is C18H25N3O2. The number of aryl methyl sites for hydroxylation is 2. The normalized spacial score (nSPS) is 12.4. The fraction of sp³-hybridized carbons (Fsp3) is 0.444. The van der Waals surface area contributed by atoms with E-state index in [1.165, 1.54) is 0 Å². The Labute approximate surface area is 137 Å². The molecule has 1 atom stereocenters. The molecule has 23 heavy (non-hydrogen) atoms. The number of hydrogen-bond acceptors (Lipinski definition) is 3. The number of nitrogens with zero attached hydrogens (tertiary/aromatic N) is 2. The number of hydrogen-bond donors (Lipinski definition) is 2. The van der Waals surface area contributed by atoms with Crippen LogP contribution in [0.2, 0.25) is 0 Å². The van der Waals surface area contributed by atoms with Crippen molar-refractivity contribution in [1.82, 2.24) is 15.1 Å². The summed E-state index contributed by atoms with van der Waals surface area (Å²) in [6, 6.07) is 9.59. The third-order valence-corrected chi connectivity index (χ3v) is 3.93. The van der Waals surface area contributed by atoms with Crippen LogP contribution in [0.15, 0.2) is 30.3 Å². The van der Waals surface area contributed by atoms with Gasteiger partial charge < -0.3 is 10.4 Å². The molecule has 0 saturated heterocycles. The first kappa shape index (κ1) is 17.2. The van der Waals surface area contributed by atoms with Crippen LogP contribution < -0.4 is 5.32 Å². The molecule has 0 aliphatic heterocycles. The van der Waals surface area contributed by atoms with Crippen LogP contribution in [-0.4, -0.2) is 27.4 Å². The van der Waals surface area contributed by atoms with Gasteiger partial charge in [0.05, 0.1) is 11.7 Å². The van der Waals surface area contributed by atoms with E-state index in [-0.39, 0.29) is 24.5 Å². The monoisotopic (exact) mass is 315 g/mol. The van der Waals surface area contributed by atoms with Gasteiger partial charge in [-0.25, -0.2) is 0 Å². The predicted octanol–water partition coefficient (Wildman–Crippen LogP) is 2.71. The number of carbonyl (C=O) groups excluding carboxylic acids is 1. The number of rotatable bonds is 6. The van der Waals surface area contributed by atoms with E-state index < -0.39 is 0 Å². The molecular weight excluding hydrogens is 290 g/mol. The number of aromatic nitrogens is 2. The van der Waals surface area contributed by atoms with Crippen LogP contribution >= 0.6 is 0 Å². The summed E-state index contributed by atoms with van der Waals surface area (Å²) >= 11 is 0. The molecule has 5 heteroatoms. The summed E-state index contributed by atoms with van der Waals surface area (Å²) in [6.45, 7) is 6.13. The third kappa shape index (κ3) is 4.20. The van der Waals surface area contributed by atoms with Crippen molar-refractivity contribution in [3.05, 3.63) is 52.8 Å². The highest BCUT2D eigenvalue weighted by Gasteiger charge is 2.19. The Morgan fingerprint density at radius 1 is 1.30 bits per heavy atom. The number of amides is 1. The number of aliphatic hydroxyl groups excluding tert-OH is 1. The minimum Gasteiger partial charge on any atom is -0.396 e. The molecule has 2 rings (SSSR count). The summed E-state index contributed by atoms with van der Waals surface area (Å²) in [5.41, 5.74) is 3.58. The van der Waals surface area contributed by atoms with Gasteiger partial charge in [0.1, 0.15) is 5.69 Å². The van der Waals surface area contributed by atoms with Crippen LogP contribution in [0.4, 0.5) is 0 Å². The Balaban J connectivity index is 2.19. The van der Waals surface area contributed by atoms with Gasteiger partial charge in [-0.15, -0.1) is 0 Å². The molecule has 1 aromatic heterocycles. The second-order valence-corrected chi connectivity index (χ2v) is 6.18. The molecule has 1 heterocycles. The molecule has 0 fully saturated rings. The van der Waals surface area contributed by atoms with Crippen LogP contribution in [0, 0.1) is 6.92 Å². The molecule has 5 nitrogen and oxygen atoms in total. The maximum atomic E-state index is 12.6. The highest BCUT2D eigenvalue weighted by Crippen LogP contribution is 2.19. The van der Waals surface area contributed by atoms with Gasteiger partial charge >= 0.3 is 0 Å². The third-order valence-electron chi connectivity index (χ3n) is 3.93. The zero-order chi connectivity index (χ0) is 17.0. The van der Waals surface area contributed by atoms with Crippen LogP contribution in [0.5, 0.6) is 0 Å². The summed E-state index contributed by atoms with van der Waals surface area (Å²) in [4.78, 5) is 12.6. The van der Waals surface area contributed by atoms with Crippen LogP contribution in [0.1, 0.15) is 59.5 Å². The lowest BCUT2D eigenvalue weighted by Gasteiger charge is -2.18. The van der Waals surface area contributed by atoms with E-state index in [1.807, 2.05) is 51.1 Å². The molecule has 1 aromatic carbocycles. The summed E-state index contributed by atoms with van der Waals surface area (Å²) in [5, 5.41) is 16.7. The van der Waals surface area contributed by atoms with Crippen LogP contribution in [0.3, 0.4) is 0 Å². The highest BCUT2D eigenvalue weighted by molar-refractivity contribution is 5.93. The molecule has 0 aliphatic rings. The Bertz CT molecular complexity index is 659. The summed E-state index contributed by atoms with van der Waals surface area (Å²) in [6.07, 6.45) is 0.476. The van der Waals surface area contributed by atoms with E-state index >= 15 is 0 Å². The number of carbonyl (C=O) groups is 1. The maximum absolute atomic E-state index is 12.6. The fourth-order valence-electron chi connectivity index (χ4n) is 2.47. The van der Waals surface area contributed by atoms with Crippen molar-refractivity contribution in [1.29, 1.82) is 0 Å². The van der Waals surface area contributed by atoms with E-state index in [9.17, 15) is 9.90 Å². The van der Waals surface area contributed by atoms with Gasteiger partial charge in [-0.1, -0.05) is 43.7 Å². The van der Waals surface area contributed by atoms with Crippen molar-refractivity contribution < 1.29 is 9.90 Å². The molecule has 0 spiro atoms. The molecule has 0 bridgehead atoms. The van der Waals surface area contributed by atoms with Crippen molar-refractivity contribution in [2.45, 2.75) is 39.2 Å². The smallest absolute Gasteiger partial charge is 0.270 e. The molecule has 0 saturated carbocycles. The quantitative estimate of drug-likeness (QED) is 0.861. The first-order valence-corrected chi connectivity index (χ1v) is 7.94. The zero-order valence-electron chi connectivity index (χ0n) is 14.2. The average Bonchev–Trinajstić information content (AvgIpc) is 2.90. The van der Waals surface area contributed by atoms with Crippen molar-refractivity contribution in [3.63, 3.8) is 0 Å². The molecule has 124 valence electrons. The Morgan fingerprint density at radius 2 is 1.96 bits per heavy atom. The van der Waals surface area contributed by atoms with Crippen molar-refractivity contribution >= 4 is 5.91 Å². The van der Waals surface area contributed by atoms with E-state index in [0.717, 1.165) is 16.8 Å². The molecule has 0 radical (unpaired) electrons. The van der Waals surface area contributed by atoms with E-state index in [1.54, 1.807) is 11.7 Å². The van der Waals surface area contributed by atoms with Crippen LogP contribution in [0.25, 0.3) is 0 Å². The Kier molecular flexibility index (Phi) is 5.55. The number of aliphatic hydroxyl groups is 1. The number of benzene rings is 1. The number of nitrogens with one attached hydrogen (secondary N) is 1. The molecule has 0 aliphatic carbocycles. The van der Waals surface area contributed by atoms with Gasteiger partial charge in [0.15, 0.2) is 0 Å². The van der Waals surface area contributed by atoms with E-state index in [2.05, 4.69) is 10.4 Å². The average molecular weight is 315 g/mol. The largest absolute Gasteiger partial charge is 0.396 e. The maximum Gasteiger partial charge on any atom is 0.270 e. The second kappa shape index (κ2) is 7.42. The minimum absolute atomic E-state index is 0.0153. The molecule has 2 aromatic rings. The first-order valence-electron chi connectivity index (χ1n) is 7.94. The lowest BCUT2D eigenvalue weighted by Crippen LogP contribution is -2.30. The SMILES string of the molecule is Cc1ccc([C@H](CCO)NC(=O)c2cc(C(C)C)nn2C)cc1. The second-order valence-electron chi connectivity index (χ2n) is 6.18. The summed E-state index contributed by atoms with van der Waals surface area (Å²) < 4.78 is 1.61. The zero-order valence-corrected chi connectivity index (χ0v) is 14.2. The van der Waals surface area contributed by atoms with Gasteiger partial charge in [-0.2, -0.15) is 5.10 Å². The fourth-order valence-corrected chi connectivity index (χ4v) is 2.47. The van der Waals surface area contributed by atoms with Crippen LogP contribution in [-0.2, 0) is 7.05 Å². The molecule has 2 N–H and O–H groups in total. The van der Waals surface area contributed by atoms with Crippen molar-refractivity contribution in [2.75, 3.05) is 6.61 Å². The van der Waals surface area contributed by atoms with Gasteiger partial charge in [0.25, 0.3) is 5.91 Å². The summed E-state index contributed by atoms with van der Waals surface area (Å²) in [5.74, 6) is 0.0963. The lowest BCUT2D eigenvalue weighted by molar-refractivity contribution is 0.0920. The van der Waals surface area contributed by atoms with E-state index in [0.29, 0.717) is 12.1 Å². The Hall–Kier alpha value is -2.14.